The van der Waals surface area contributed by atoms with Gasteiger partial charge in [-0.3, -0.25) is 9.78 Å². The van der Waals surface area contributed by atoms with E-state index in [0.29, 0.717) is 5.69 Å². The number of pyridine rings is 1. The van der Waals surface area contributed by atoms with Crippen molar-refractivity contribution in [1.82, 2.24) is 10.4 Å². The minimum absolute atomic E-state index is 0.326. The van der Waals surface area contributed by atoms with E-state index >= 15 is 0 Å². The van der Waals surface area contributed by atoms with Gasteiger partial charge in [-0.05, 0) is 42.8 Å². The first-order valence-electron chi connectivity index (χ1n) is 5.72. The second-order valence-electron chi connectivity index (χ2n) is 3.82. The fraction of sp³-hybridized carbons (Fsp3) is 0.0714. The number of allylic oxidation sites excluding steroid dienone is 1. The molecule has 0 saturated carbocycles. The van der Waals surface area contributed by atoms with E-state index in [0.717, 1.165) is 11.3 Å². The highest BCUT2D eigenvalue weighted by atomic mass is 16.3. The third-order valence-electron chi connectivity index (χ3n) is 2.24. The first-order chi connectivity index (χ1) is 9.25. The van der Waals surface area contributed by atoms with E-state index in [1.54, 1.807) is 42.9 Å². The summed E-state index contributed by atoms with van der Waals surface area (Å²) in [4.78, 5) is 15.5. The standard InChI is InChI=1S/C14H13N3O2/c1-11(9-12-5-4-8-19-12)10-16-17-14(18)13-6-2-3-7-15-13/h2-10H,1H3,(H,17,18). The van der Waals surface area contributed by atoms with Crippen LogP contribution in [-0.2, 0) is 0 Å². The molecule has 0 unspecified atom stereocenters. The van der Waals surface area contributed by atoms with E-state index in [1.807, 2.05) is 19.1 Å². The third-order valence-corrected chi connectivity index (χ3v) is 2.24. The lowest BCUT2D eigenvalue weighted by molar-refractivity contribution is 0.0950. The fourth-order valence-electron chi connectivity index (χ4n) is 1.38. The lowest BCUT2D eigenvalue weighted by atomic mass is 10.3. The predicted octanol–water partition coefficient (Wildman–Crippen LogP) is 2.49. The molecule has 96 valence electrons. The number of hydrazone groups is 1. The molecule has 0 aliphatic carbocycles. The maximum atomic E-state index is 11.6. The van der Waals surface area contributed by atoms with E-state index in [2.05, 4.69) is 15.5 Å². The summed E-state index contributed by atoms with van der Waals surface area (Å²) < 4.78 is 5.17. The summed E-state index contributed by atoms with van der Waals surface area (Å²) in [7, 11) is 0. The van der Waals surface area contributed by atoms with Crippen LogP contribution >= 0.6 is 0 Å². The highest BCUT2D eigenvalue weighted by Gasteiger charge is 2.03. The Morgan fingerprint density at radius 2 is 2.26 bits per heavy atom. The van der Waals surface area contributed by atoms with Gasteiger partial charge in [0.1, 0.15) is 11.5 Å². The van der Waals surface area contributed by atoms with Gasteiger partial charge in [-0.25, -0.2) is 5.43 Å². The molecule has 2 aromatic rings. The van der Waals surface area contributed by atoms with Crippen LogP contribution in [0.5, 0.6) is 0 Å². The van der Waals surface area contributed by atoms with Gasteiger partial charge in [0.2, 0.25) is 0 Å². The zero-order valence-corrected chi connectivity index (χ0v) is 10.4. The first-order valence-corrected chi connectivity index (χ1v) is 5.72. The van der Waals surface area contributed by atoms with Crippen LogP contribution in [0.1, 0.15) is 23.2 Å². The van der Waals surface area contributed by atoms with Crippen LogP contribution in [0.3, 0.4) is 0 Å². The van der Waals surface area contributed by atoms with Crippen molar-refractivity contribution in [3.05, 3.63) is 59.8 Å². The molecule has 5 heteroatoms. The Kier molecular flexibility index (Phi) is 4.23. The average Bonchev–Trinajstić information content (AvgIpc) is 2.92. The van der Waals surface area contributed by atoms with E-state index in [4.69, 9.17) is 4.42 Å². The Morgan fingerprint density at radius 3 is 2.95 bits per heavy atom. The SMILES string of the molecule is CC(C=NNC(=O)c1ccccn1)=Cc1ccco1. The summed E-state index contributed by atoms with van der Waals surface area (Å²) in [5.41, 5.74) is 3.59. The lowest BCUT2D eigenvalue weighted by Gasteiger charge is -1.97. The molecule has 0 spiro atoms. The Hall–Kier alpha value is -2.69. The number of hydrogen-bond donors (Lipinski definition) is 1. The predicted molar refractivity (Wildman–Crippen MR) is 72.6 cm³/mol. The van der Waals surface area contributed by atoms with Gasteiger partial charge in [0.15, 0.2) is 0 Å². The summed E-state index contributed by atoms with van der Waals surface area (Å²) in [6.07, 6.45) is 6.51. The highest BCUT2D eigenvalue weighted by molar-refractivity contribution is 5.93. The second kappa shape index (κ2) is 6.30. The van der Waals surface area contributed by atoms with E-state index in [1.165, 1.54) is 0 Å². The van der Waals surface area contributed by atoms with Crippen LogP contribution < -0.4 is 5.43 Å². The smallest absolute Gasteiger partial charge is 0.289 e. The average molecular weight is 255 g/mol. The largest absolute Gasteiger partial charge is 0.465 e. The summed E-state index contributed by atoms with van der Waals surface area (Å²) in [6.45, 7) is 1.86. The highest BCUT2D eigenvalue weighted by Crippen LogP contribution is 2.05. The molecule has 0 radical (unpaired) electrons. The monoisotopic (exact) mass is 255 g/mol. The molecule has 0 bridgehead atoms. The van der Waals surface area contributed by atoms with Crippen LogP contribution in [-0.4, -0.2) is 17.1 Å². The number of aromatic nitrogens is 1. The van der Waals surface area contributed by atoms with E-state index in [-0.39, 0.29) is 5.91 Å². The zero-order chi connectivity index (χ0) is 13.5. The molecule has 1 amide bonds. The van der Waals surface area contributed by atoms with Gasteiger partial charge in [0.25, 0.3) is 5.91 Å². The Balaban J connectivity index is 1.92. The number of rotatable bonds is 4. The molecule has 0 aliphatic rings. The Labute approximate surface area is 110 Å². The van der Waals surface area contributed by atoms with Gasteiger partial charge in [-0.1, -0.05) is 6.07 Å². The van der Waals surface area contributed by atoms with Crippen molar-refractivity contribution in [2.75, 3.05) is 0 Å². The van der Waals surface area contributed by atoms with Crippen molar-refractivity contribution >= 4 is 18.2 Å². The first kappa shape index (κ1) is 12.8. The van der Waals surface area contributed by atoms with Gasteiger partial charge in [-0.15, -0.1) is 0 Å². The van der Waals surface area contributed by atoms with Crippen LogP contribution in [0.2, 0.25) is 0 Å². The van der Waals surface area contributed by atoms with Crippen molar-refractivity contribution in [3.8, 4) is 0 Å². The van der Waals surface area contributed by atoms with Crippen molar-refractivity contribution < 1.29 is 9.21 Å². The number of nitrogens with zero attached hydrogens (tertiary/aromatic N) is 2. The second-order valence-corrected chi connectivity index (χ2v) is 3.82. The van der Waals surface area contributed by atoms with E-state index in [9.17, 15) is 4.79 Å². The number of nitrogens with one attached hydrogen (secondary N) is 1. The van der Waals surface area contributed by atoms with Crippen LogP contribution in [0.25, 0.3) is 6.08 Å². The molecular formula is C14H13N3O2. The number of carbonyl (C=O) groups is 1. The fourth-order valence-corrected chi connectivity index (χ4v) is 1.38. The molecular weight excluding hydrogens is 242 g/mol. The van der Waals surface area contributed by atoms with Gasteiger partial charge in [0.05, 0.1) is 12.5 Å². The van der Waals surface area contributed by atoms with Gasteiger partial charge >= 0.3 is 0 Å². The maximum Gasteiger partial charge on any atom is 0.289 e. The molecule has 0 saturated heterocycles. The number of hydrogen-bond acceptors (Lipinski definition) is 4. The molecule has 0 atom stereocenters. The minimum atomic E-state index is -0.345. The number of amides is 1. The van der Waals surface area contributed by atoms with Crippen LogP contribution in [0, 0.1) is 0 Å². The summed E-state index contributed by atoms with van der Waals surface area (Å²) in [6, 6.07) is 8.75. The Morgan fingerprint density at radius 1 is 1.37 bits per heavy atom. The molecule has 0 aliphatic heterocycles. The van der Waals surface area contributed by atoms with Crippen LogP contribution in [0.15, 0.2) is 57.9 Å². The van der Waals surface area contributed by atoms with Crippen molar-refractivity contribution in [2.24, 2.45) is 5.10 Å². The van der Waals surface area contributed by atoms with Crippen molar-refractivity contribution in [3.63, 3.8) is 0 Å². The number of carbonyl (C=O) groups excluding carboxylic acids is 1. The molecule has 1 N–H and O–H groups in total. The van der Waals surface area contributed by atoms with Crippen molar-refractivity contribution in [2.45, 2.75) is 6.92 Å². The van der Waals surface area contributed by atoms with E-state index < -0.39 is 0 Å². The van der Waals surface area contributed by atoms with Gasteiger partial charge < -0.3 is 4.42 Å². The zero-order valence-electron chi connectivity index (χ0n) is 10.4. The summed E-state index contributed by atoms with van der Waals surface area (Å²) in [5.74, 6) is 0.391. The molecule has 5 nitrogen and oxygen atoms in total. The summed E-state index contributed by atoms with van der Waals surface area (Å²) in [5, 5.41) is 3.85. The molecule has 2 heterocycles. The normalized spacial score (nSPS) is 11.7. The summed E-state index contributed by atoms with van der Waals surface area (Å²) >= 11 is 0. The van der Waals surface area contributed by atoms with Crippen LogP contribution in [0.4, 0.5) is 0 Å². The molecule has 0 fully saturated rings. The topological polar surface area (TPSA) is 67.5 Å². The molecule has 0 aromatic carbocycles. The molecule has 2 aromatic heterocycles. The Bertz CT molecular complexity index is 586. The molecule has 2 rings (SSSR count). The maximum absolute atomic E-state index is 11.6. The van der Waals surface area contributed by atoms with Gasteiger partial charge in [-0.2, -0.15) is 5.10 Å². The molecule has 19 heavy (non-hydrogen) atoms. The lowest BCUT2D eigenvalue weighted by Crippen LogP contribution is -2.18. The number of furan rings is 1. The quantitative estimate of drug-likeness (QED) is 0.674. The third kappa shape index (κ3) is 3.92. The minimum Gasteiger partial charge on any atom is -0.465 e. The van der Waals surface area contributed by atoms with Crippen molar-refractivity contribution in [1.29, 1.82) is 0 Å². The van der Waals surface area contributed by atoms with Gasteiger partial charge in [0, 0.05) is 6.20 Å².